The van der Waals surface area contributed by atoms with E-state index < -0.39 is 0 Å². The molecule has 0 spiro atoms. The van der Waals surface area contributed by atoms with Crippen LogP contribution in [0.3, 0.4) is 0 Å². The number of aliphatic hydroxyl groups excluding tert-OH is 1. The van der Waals surface area contributed by atoms with Gasteiger partial charge in [-0.2, -0.15) is 0 Å². The Kier molecular flexibility index (Phi) is 4.19. The van der Waals surface area contributed by atoms with Crippen molar-refractivity contribution < 1.29 is 5.11 Å². The first-order valence-corrected chi connectivity index (χ1v) is 8.59. The van der Waals surface area contributed by atoms with E-state index >= 15 is 0 Å². The fraction of sp³-hybridized carbons (Fsp3) is 1.00. The van der Waals surface area contributed by atoms with Gasteiger partial charge in [0.2, 0.25) is 0 Å². The molecule has 19 heavy (non-hydrogen) atoms. The quantitative estimate of drug-likeness (QED) is 0.845. The Hall–Kier alpha value is -0.0800. The van der Waals surface area contributed by atoms with Gasteiger partial charge in [0, 0.05) is 12.1 Å². The molecule has 110 valence electrons. The van der Waals surface area contributed by atoms with Crippen LogP contribution in [0.15, 0.2) is 0 Å². The molecule has 1 N–H and O–H groups in total. The molecule has 2 aliphatic heterocycles. The highest BCUT2D eigenvalue weighted by Crippen LogP contribution is 2.42. The summed E-state index contributed by atoms with van der Waals surface area (Å²) < 4.78 is 0. The highest BCUT2D eigenvalue weighted by atomic mass is 16.3. The van der Waals surface area contributed by atoms with E-state index in [1.54, 1.807) is 0 Å². The summed E-state index contributed by atoms with van der Waals surface area (Å²) in [5.41, 5.74) is 0. The topological polar surface area (TPSA) is 23.5 Å². The van der Waals surface area contributed by atoms with Crippen molar-refractivity contribution >= 4 is 0 Å². The number of hydrogen-bond acceptors (Lipinski definition) is 2. The monoisotopic (exact) mass is 265 g/mol. The van der Waals surface area contributed by atoms with E-state index in [9.17, 15) is 5.11 Å². The Labute approximate surface area is 118 Å². The van der Waals surface area contributed by atoms with Crippen LogP contribution in [0.25, 0.3) is 0 Å². The first-order valence-electron chi connectivity index (χ1n) is 8.59. The third-order valence-electron chi connectivity index (χ3n) is 6.57. The second-order valence-corrected chi connectivity index (χ2v) is 7.46. The Morgan fingerprint density at radius 2 is 1.53 bits per heavy atom. The zero-order valence-corrected chi connectivity index (χ0v) is 12.7. The molecular weight excluding hydrogens is 234 g/mol. The second-order valence-electron chi connectivity index (χ2n) is 7.46. The van der Waals surface area contributed by atoms with Crippen LogP contribution in [-0.4, -0.2) is 35.2 Å². The Morgan fingerprint density at radius 3 is 2.05 bits per heavy atom. The van der Waals surface area contributed by atoms with E-state index in [1.165, 1.54) is 57.8 Å². The normalized spacial score (nSPS) is 45.3. The minimum absolute atomic E-state index is 0.00499. The van der Waals surface area contributed by atoms with Crippen LogP contribution in [0.1, 0.15) is 64.7 Å². The number of rotatable bonds is 3. The van der Waals surface area contributed by atoms with E-state index in [-0.39, 0.29) is 6.10 Å². The second kappa shape index (κ2) is 5.73. The predicted octanol–water partition coefficient (Wildman–Crippen LogP) is 3.44. The molecule has 3 atom stereocenters. The number of hydrogen-bond donors (Lipinski definition) is 1. The highest BCUT2D eigenvalue weighted by molar-refractivity contribution is 4.96. The van der Waals surface area contributed by atoms with Gasteiger partial charge in [-0.3, -0.25) is 0 Å². The standard InChI is InChI=1S/C17H31NO/c1-3-12-4-6-13(7-5-12)17(19)14-10-15-8-9-16(11-14)18(15)2/h12-17,19H,3-11H2,1-2H3. The van der Waals surface area contributed by atoms with Crippen LogP contribution in [-0.2, 0) is 0 Å². The van der Waals surface area contributed by atoms with E-state index in [2.05, 4.69) is 18.9 Å². The van der Waals surface area contributed by atoms with Crippen LogP contribution >= 0.6 is 0 Å². The summed E-state index contributed by atoms with van der Waals surface area (Å²) in [6.45, 7) is 2.32. The third-order valence-corrected chi connectivity index (χ3v) is 6.57. The molecule has 0 aromatic carbocycles. The van der Waals surface area contributed by atoms with Gasteiger partial charge in [0.25, 0.3) is 0 Å². The van der Waals surface area contributed by atoms with Gasteiger partial charge in [-0.1, -0.05) is 26.2 Å². The Balaban J connectivity index is 1.55. The number of fused-ring (bicyclic) bond motifs is 2. The van der Waals surface area contributed by atoms with Gasteiger partial charge < -0.3 is 10.0 Å². The first kappa shape index (κ1) is 13.9. The summed E-state index contributed by atoms with van der Waals surface area (Å²) in [4.78, 5) is 2.58. The van der Waals surface area contributed by atoms with Gasteiger partial charge >= 0.3 is 0 Å². The lowest BCUT2D eigenvalue weighted by molar-refractivity contribution is -0.0134. The van der Waals surface area contributed by atoms with Gasteiger partial charge in [0.15, 0.2) is 0 Å². The lowest BCUT2D eigenvalue weighted by Gasteiger charge is -2.41. The molecule has 0 amide bonds. The zero-order valence-electron chi connectivity index (χ0n) is 12.7. The summed E-state index contributed by atoms with van der Waals surface area (Å²) in [6.07, 6.45) is 11.8. The number of piperidine rings is 1. The fourth-order valence-corrected chi connectivity index (χ4v) is 5.06. The third kappa shape index (κ3) is 2.71. The number of aliphatic hydroxyl groups is 1. The predicted molar refractivity (Wildman–Crippen MR) is 79.0 cm³/mol. The molecule has 0 radical (unpaired) electrons. The van der Waals surface area contributed by atoms with Crippen molar-refractivity contribution in [2.45, 2.75) is 82.9 Å². The van der Waals surface area contributed by atoms with Crippen LogP contribution in [0, 0.1) is 17.8 Å². The van der Waals surface area contributed by atoms with Gasteiger partial charge in [0.1, 0.15) is 0 Å². The molecular formula is C17H31NO. The molecule has 1 aliphatic carbocycles. The van der Waals surface area contributed by atoms with Crippen molar-refractivity contribution in [2.75, 3.05) is 7.05 Å². The molecule has 2 nitrogen and oxygen atoms in total. The van der Waals surface area contributed by atoms with Crippen molar-refractivity contribution in [1.82, 2.24) is 4.90 Å². The SMILES string of the molecule is CCC1CCC(C(O)C2CC3CCC(C2)N3C)CC1. The summed E-state index contributed by atoms with van der Waals surface area (Å²) in [5, 5.41) is 10.8. The van der Waals surface area contributed by atoms with Gasteiger partial charge in [-0.15, -0.1) is 0 Å². The molecule has 3 aliphatic rings. The maximum Gasteiger partial charge on any atom is 0.0597 e. The molecule has 2 saturated heterocycles. The molecule has 1 saturated carbocycles. The lowest BCUT2D eigenvalue weighted by atomic mass is 9.73. The maximum atomic E-state index is 10.8. The van der Waals surface area contributed by atoms with E-state index in [1.807, 2.05) is 0 Å². The molecule has 2 heteroatoms. The smallest absolute Gasteiger partial charge is 0.0597 e. The maximum absolute atomic E-state index is 10.8. The van der Waals surface area contributed by atoms with Crippen molar-refractivity contribution in [1.29, 1.82) is 0 Å². The van der Waals surface area contributed by atoms with Gasteiger partial charge in [-0.25, -0.2) is 0 Å². The summed E-state index contributed by atoms with van der Waals surface area (Å²) in [5.74, 6) is 2.14. The van der Waals surface area contributed by atoms with Crippen molar-refractivity contribution in [3.05, 3.63) is 0 Å². The first-order chi connectivity index (χ1) is 9.19. The fourth-order valence-electron chi connectivity index (χ4n) is 5.06. The lowest BCUT2D eigenvalue weighted by Crippen LogP contribution is -2.45. The molecule has 0 aromatic heterocycles. The molecule has 3 rings (SSSR count). The van der Waals surface area contributed by atoms with Gasteiger partial charge in [0.05, 0.1) is 6.10 Å². The molecule has 2 heterocycles. The largest absolute Gasteiger partial charge is 0.393 e. The number of nitrogens with zero attached hydrogens (tertiary/aromatic N) is 1. The molecule has 2 bridgehead atoms. The van der Waals surface area contributed by atoms with Crippen LogP contribution in [0.5, 0.6) is 0 Å². The van der Waals surface area contributed by atoms with E-state index in [0.717, 1.165) is 18.0 Å². The van der Waals surface area contributed by atoms with E-state index in [0.29, 0.717) is 11.8 Å². The molecule has 3 unspecified atom stereocenters. The van der Waals surface area contributed by atoms with Gasteiger partial charge in [-0.05, 0) is 63.3 Å². The Bertz CT molecular complexity index is 284. The molecule has 3 fully saturated rings. The van der Waals surface area contributed by atoms with Crippen molar-refractivity contribution in [3.8, 4) is 0 Å². The summed E-state index contributed by atoms with van der Waals surface area (Å²) >= 11 is 0. The summed E-state index contributed by atoms with van der Waals surface area (Å²) in [6, 6.07) is 1.54. The summed E-state index contributed by atoms with van der Waals surface area (Å²) in [7, 11) is 2.29. The van der Waals surface area contributed by atoms with Crippen LogP contribution in [0.4, 0.5) is 0 Å². The van der Waals surface area contributed by atoms with Crippen molar-refractivity contribution in [3.63, 3.8) is 0 Å². The average Bonchev–Trinajstić information content (AvgIpc) is 2.68. The zero-order chi connectivity index (χ0) is 13.4. The van der Waals surface area contributed by atoms with Crippen molar-refractivity contribution in [2.24, 2.45) is 17.8 Å². The Morgan fingerprint density at radius 1 is 0.947 bits per heavy atom. The molecule has 0 aromatic rings. The van der Waals surface area contributed by atoms with Crippen LogP contribution < -0.4 is 0 Å². The highest BCUT2D eigenvalue weighted by Gasteiger charge is 2.42. The average molecular weight is 265 g/mol. The minimum atomic E-state index is -0.00499. The van der Waals surface area contributed by atoms with Crippen LogP contribution in [0.2, 0.25) is 0 Å². The van der Waals surface area contributed by atoms with E-state index in [4.69, 9.17) is 0 Å². The minimum Gasteiger partial charge on any atom is -0.393 e.